The minimum absolute atomic E-state index is 0.394. The fourth-order valence-corrected chi connectivity index (χ4v) is 6.30. The van der Waals surface area contributed by atoms with Gasteiger partial charge in [-0.15, -0.1) is 0 Å². The molecule has 7 heteroatoms. The van der Waals surface area contributed by atoms with Crippen molar-refractivity contribution < 1.29 is 4.84 Å². The molecule has 2 aliphatic carbocycles. The van der Waals surface area contributed by atoms with Gasteiger partial charge in [0.1, 0.15) is 5.82 Å². The van der Waals surface area contributed by atoms with E-state index in [2.05, 4.69) is 37.7 Å². The molecule has 2 aliphatic heterocycles. The van der Waals surface area contributed by atoms with Crippen molar-refractivity contribution in [1.29, 1.82) is 0 Å². The molecule has 3 heterocycles. The highest BCUT2D eigenvalue weighted by Crippen LogP contribution is 2.26. The summed E-state index contributed by atoms with van der Waals surface area (Å²) in [6, 6.07) is 3.13. The third-order valence-electron chi connectivity index (χ3n) is 8.42. The molecule has 194 valence electrons. The van der Waals surface area contributed by atoms with Crippen molar-refractivity contribution in [1.82, 2.24) is 20.3 Å². The summed E-state index contributed by atoms with van der Waals surface area (Å²) in [7, 11) is 0. The average Bonchev–Trinajstić information content (AvgIpc) is 3.34. The highest BCUT2D eigenvalue weighted by atomic mass is 16.7. The predicted octanol–water partition coefficient (Wildman–Crippen LogP) is 5.41. The number of aromatic nitrogens is 2. The molecular weight excluding hydrogens is 436 g/mol. The summed E-state index contributed by atoms with van der Waals surface area (Å²) in [5, 5.41) is 3.68. The molecule has 1 aromatic heterocycles. The summed E-state index contributed by atoms with van der Waals surface area (Å²) in [6.07, 6.45) is 23.5. The second-order valence-corrected chi connectivity index (χ2v) is 11.1. The van der Waals surface area contributed by atoms with Gasteiger partial charge < -0.3 is 10.2 Å². The van der Waals surface area contributed by atoms with E-state index >= 15 is 0 Å². The Morgan fingerprint density at radius 1 is 0.857 bits per heavy atom. The zero-order chi connectivity index (χ0) is 23.7. The summed E-state index contributed by atoms with van der Waals surface area (Å²) in [6.45, 7) is 4.51. The van der Waals surface area contributed by atoms with Gasteiger partial charge in [-0.05, 0) is 70.4 Å². The largest absolute Gasteiger partial charge is 0.356 e. The molecule has 2 unspecified atom stereocenters. The van der Waals surface area contributed by atoms with Crippen molar-refractivity contribution in [3.8, 4) is 0 Å². The topological polar surface area (TPSA) is 65.6 Å². The summed E-state index contributed by atoms with van der Waals surface area (Å²) < 4.78 is 0. The van der Waals surface area contributed by atoms with Gasteiger partial charge in [-0.3, -0.25) is 15.2 Å². The fourth-order valence-electron chi connectivity index (χ4n) is 6.30. The Bertz CT molecular complexity index is 800. The van der Waals surface area contributed by atoms with E-state index in [-0.39, 0.29) is 0 Å². The van der Waals surface area contributed by atoms with Gasteiger partial charge in [0.15, 0.2) is 0 Å². The van der Waals surface area contributed by atoms with Crippen LogP contribution in [0.3, 0.4) is 0 Å². The van der Waals surface area contributed by atoms with E-state index in [4.69, 9.17) is 9.82 Å². The van der Waals surface area contributed by atoms with Crippen LogP contribution in [0, 0.1) is 0 Å². The summed E-state index contributed by atoms with van der Waals surface area (Å²) >= 11 is 0. The molecular formula is C28H46N6O. The molecule has 0 amide bonds. The first kappa shape index (κ1) is 24.8. The van der Waals surface area contributed by atoms with Crippen molar-refractivity contribution in [2.75, 3.05) is 36.4 Å². The number of hydrogen-bond acceptors (Lipinski definition) is 7. The molecule has 0 spiro atoms. The second kappa shape index (κ2) is 12.9. The van der Waals surface area contributed by atoms with E-state index in [0.717, 1.165) is 44.2 Å². The predicted molar refractivity (Wildman–Crippen MR) is 142 cm³/mol. The zero-order valence-electron chi connectivity index (χ0n) is 21.6. The lowest BCUT2D eigenvalue weighted by atomic mass is 9.95. The second-order valence-electron chi connectivity index (χ2n) is 11.1. The van der Waals surface area contributed by atoms with Crippen molar-refractivity contribution in [2.24, 2.45) is 0 Å². The van der Waals surface area contributed by atoms with Gasteiger partial charge in [0.25, 0.3) is 0 Å². The van der Waals surface area contributed by atoms with Gasteiger partial charge in [-0.25, -0.2) is 4.98 Å². The zero-order valence-corrected chi connectivity index (χ0v) is 21.6. The Morgan fingerprint density at radius 2 is 1.66 bits per heavy atom. The molecule has 0 aromatic carbocycles. The summed E-state index contributed by atoms with van der Waals surface area (Å²) in [5.41, 5.74) is 4.62. The van der Waals surface area contributed by atoms with E-state index < -0.39 is 0 Å². The van der Waals surface area contributed by atoms with Crippen LogP contribution >= 0.6 is 0 Å². The first-order valence-electron chi connectivity index (χ1n) is 14.5. The van der Waals surface area contributed by atoms with Crippen LogP contribution in [0.25, 0.3) is 0 Å². The maximum absolute atomic E-state index is 6.07. The number of hydrogen-bond donors (Lipinski definition) is 2. The highest BCUT2D eigenvalue weighted by molar-refractivity contribution is 5.43. The number of anilines is 2. The van der Waals surface area contributed by atoms with Crippen LogP contribution in [0.4, 0.5) is 11.8 Å². The molecule has 1 aromatic rings. The number of rotatable bonds is 7. The van der Waals surface area contributed by atoms with E-state index in [1.807, 2.05) is 6.20 Å². The lowest BCUT2D eigenvalue weighted by molar-refractivity contribution is -0.0186. The third kappa shape index (κ3) is 7.32. The number of hydroxylamine groups is 1. The normalized spacial score (nSPS) is 27.5. The van der Waals surface area contributed by atoms with Crippen LogP contribution in [-0.2, 0) is 4.84 Å². The van der Waals surface area contributed by atoms with E-state index in [0.29, 0.717) is 18.2 Å². The van der Waals surface area contributed by atoms with Gasteiger partial charge in [0.2, 0.25) is 5.95 Å². The number of allylic oxidation sites excluding steroid dienone is 1. The van der Waals surface area contributed by atoms with Gasteiger partial charge in [-0.1, -0.05) is 44.6 Å². The van der Waals surface area contributed by atoms with Crippen molar-refractivity contribution in [2.45, 2.75) is 114 Å². The third-order valence-corrected chi connectivity index (χ3v) is 8.42. The van der Waals surface area contributed by atoms with Crippen LogP contribution in [0.2, 0.25) is 0 Å². The number of piperidine rings is 1. The quantitative estimate of drug-likeness (QED) is 0.398. The molecule has 1 saturated carbocycles. The first-order chi connectivity index (χ1) is 17.3. The molecule has 35 heavy (non-hydrogen) atoms. The maximum Gasteiger partial charge on any atom is 0.224 e. The number of likely N-dealkylation sites (tertiary alicyclic amines) is 1. The van der Waals surface area contributed by atoms with E-state index in [1.165, 1.54) is 95.7 Å². The van der Waals surface area contributed by atoms with E-state index in [9.17, 15) is 0 Å². The van der Waals surface area contributed by atoms with Gasteiger partial charge in [0, 0.05) is 43.6 Å². The molecule has 0 bridgehead atoms. The molecule has 2 N–H and O–H groups in total. The molecule has 5 rings (SSSR count). The first-order valence-corrected chi connectivity index (χ1v) is 14.5. The van der Waals surface area contributed by atoms with Crippen molar-refractivity contribution in [3.05, 3.63) is 24.0 Å². The smallest absolute Gasteiger partial charge is 0.224 e. The Hall–Kier alpha value is -1.86. The minimum atomic E-state index is 0.394. The molecule has 3 fully saturated rings. The number of nitrogens with zero attached hydrogens (tertiary/aromatic N) is 4. The Kier molecular flexibility index (Phi) is 9.15. The molecule has 4 aliphatic rings. The molecule has 0 radical (unpaired) electrons. The van der Waals surface area contributed by atoms with Crippen LogP contribution in [0.5, 0.6) is 0 Å². The maximum atomic E-state index is 6.07. The van der Waals surface area contributed by atoms with Crippen molar-refractivity contribution in [3.63, 3.8) is 0 Å². The molecule has 2 saturated heterocycles. The molecule has 7 nitrogen and oxygen atoms in total. The minimum Gasteiger partial charge on any atom is -0.356 e. The Labute approximate surface area is 212 Å². The van der Waals surface area contributed by atoms with Crippen LogP contribution in [0.1, 0.15) is 96.3 Å². The lowest BCUT2D eigenvalue weighted by Crippen LogP contribution is -2.48. The van der Waals surface area contributed by atoms with Crippen molar-refractivity contribution >= 4 is 11.8 Å². The fraction of sp³-hybridized carbons (Fsp3) is 0.786. The monoisotopic (exact) mass is 482 g/mol. The van der Waals surface area contributed by atoms with Crippen LogP contribution in [0.15, 0.2) is 24.0 Å². The van der Waals surface area contributed by atoms with Gasteiger partial charge >= 0.3 is 0 Å². The lowest BCUT2D eigenvalue weighted by Gasteiger charge is -2.39. The average molecular weight is 483 g/mol. The van der Waals surface area contributed by atoms with Gasteiger partial charge in [0.05, 0.1) is 6.10 Å². The Morgan fingerprint density at radius 3 is 2.43 bits per heavy atom. The highest BCUT2D eigenvalue weighted by Gasteiger charge is 2.28. The van der Waals surface area contributed by atoms with E-state index in [1.54, 1.807) is 0 Å². The van der Waals surface area contributed by atoms with Gasteiger partial charge in [-0.2, -0.15) is 4.98 Å². The number of nitrogens with one attached hydrogen (secondary N) is 2. The molecule has 2 atom stereocenters. The summed E-state index contributed by atoms with van der Waals surface area (Å²) in [4.78, 5) is 20.7. The SMILES string of the molecule is C1=C(NOC2CCCCCC2)CCC(N2CCCC(Nc3nccc(N4CCCCCC4)n3)C2)C1. The van der Waals surface area contributed by atoms with Crippen LogP contribution in [-0.4, -0.2) is 59.2 Å². The Balaban J connectivity index is 1.09. The summed E-state index contributed by atoms with van der Waals surface area (Å²) in [5.74, 6) is 1.88. The van der Waals surface area contributed by atoms with Crippen LogP contribution < -0.4 is 15.7 Å². The standard InChI is InChI=1S/C28H46N6O/c1-2-6-12-26(11-5-1)35-32-23-13-15-25(16-14-23)34-21-9-10-24(22-34)30-28-29-18-17-27(31-28)33-19-7-3-4-8-20-33/h13,17-18,24-26,32H,1-12,14-16,19-22H2,(H,29,30,31).